The summed E-state index contributed by atoms with van der Waals surface area (Å²) < 4.78 is 7.85. The van der Waals surface area contributed by atoms with E-state index in [0.29, 0.717) is 0 Å². The van der Waals surface area contributed by atoms with Gasteiger partial charge < -0.3 is 14.5 Å². The van der Waals surface area contributed by atoms with E-state index >= 15 is 0 Å². The van der Waals surface area contributed by atoms with Crippen LogP contribution in [-0.2, 0) is 17.8 Å². The summed E-state index contributed by atoms with van der Waals surface area (Å²) in [5, 5.41) is 12.9. The number of tetrazole rings is 1. The van der Waals surface area contributed by atoms with Crippen LogP contribution in [0.15, 0.2) is 60.7 Å². The minimum absolute atomic E-state index is 0.149. The molecule has 1 aromatic heterocycles. The van der Waals surface area contributed by atoms with Gasteiger partial charge in [0.2, 0.25) is 5.82 Å². The number of nitrogens with zero attached hydrogens (tertiary/aromatic N) is 4. The lowest BCUT2D eigenvalue weighted by Crippen LogP contribution is -3.27. The zero-order chi connectivity index (χ0) is 20.9. The molecule has 7 heteroatoms. The predicted molar refractivity (Wildman–Crippen MR) is 117 cm³/mol. The van der Waals surface area contributed by atoms with E-state index in [1.165, 1.54) is 11.1 Å². The van der Waals surface area contributed by atoms with Crippen molar-refractivity contribution >= 4 is 0 Å². The third-order valence-corrected chi connectivity index (χ3v) is 6.66. The molecule has 2 aromatic carbocycles. The number of quaternary nitrogens is 2. The van der Waals surface area contributed by atoms with Gasteiger partial charge in [0.05, 0.1) is 12.6 Å². The summed E-state index contributed by atoms with van der Waals surface area (Å²) in [4.78, 5) is 3.20. The van der Waals surface area contributed by atoms with Gasteiger partial charge in [0, 0.05) is 17.7 Å². The molecule has 7 nitrogen and oxygen atoms in total. The fraction of sp³-hybridized carbons (Fsp3) is 0.458. The van der Waals surface area contributed by atoms with Gasteiger partial charge in [-0.1, -0.05) is 60.7 Å². The Hall–Kier alpha value is -2.61. The summed E-state index contributed by atoms with van der Waals surface area (Å²) in [5.41, 5.74) is 2.70. The van der Waals surface area contributed by atoms with Crippen LogP contribution in [-0.4, -0.2) is 59.1 Å². The van der Waals surface area contributed by atoms with Gasteiger partial charge in [0.15, 0.2) is 6.04 Å². The van der Waals surface area contributed by atoms with Crippen molar-refractivity contribution in [3.05, 3.63) is 77.6 Å². The normalized spacial score (nSPS) is 24.8. The first-order chi connectivity index (χ1) is 15.4. The second-order valence-corrected chi connectivity index (χ2v) is 8.77. The summed E-state index contributed by atoms with van der Waals surface area (Å²) in [5.74, 6) is 0.961. The first-order valence-electron chi connectivity index (χ1n) is 11.5. The molecule has 0 saturated carbocycles. The number of aromatic nitrogens is 4. The van der Waals surface area contributed by atoms with Crippen molar-refractivity contribution in [2.45, 2.75) is 38.1 Å². The molecule has 2 aliphatic heterocycles. The quantitative estimate of drug-likeness (QED) is 0.562. The molecule has 2 N–H and O–H groups in total. The SMILES string of the molecule is c1ccc(C[NH+]2CC[NH+]([C@H](c3ccccc3)c3nnnn3C[C@@H]3CCCO3)CC2)cc1. The average Bonchev–Trinajstić information content (AvgIpc) is 3.50. The molecule has 0 bridgehead atoms. The fourth-order valence-electron chi connectivity index (χ4n) is 5.02. The standard InChI is InChI=1S/C24H30N6O/c1-3-8-20(9-4-1)18-28-13-15-29(16-14-28)23(21-10-5-2-6-11-21)24-25-26-27-30(24)19-22-12-7-17-31-22/h1-6,8-11,22-23H,7,12-19H2/p+2/t22-,23+/m0/s1. The first kappa shape index (κ1) is 20.3. The lowest BCUT2D eigenvalue weighted by Gasteiger charge is -2.34. The first-order valence-corrected chi connectivity index (χ1v) is 11.5. The van der Waals surface area contributed by atoms with Crippen molar-refractivity contribution in [3.63, 3.8) is 0 Å². The van der Waals surface area contributed by atoms with E-state index in [4.69, 9.17) is 4.74 Å². The largest absolute Gasteiger partial charge is 0.376 e. The van der Waals surface area contributed by atoms with Gasteiger partial charge in [0.25, 0.3) is 0 Å². The van der Waals surface area contributed by atoms with Gasteiger partial charge in [0.1, 0.15) is 32.7 Å². The summed E-state index contributed by atoms with van der Waals surface area (Å²) in [7, 11) is 0. The Morgan fingerprint density at radius 2 is 1.71 bits per heavy atom. The maximum absolute atomic E-state index is 5.86. The second-order valence-electron chi connectivity index (χ2n) is 8.77. The number of hydrogen-bond donors (Lipinski definition) is 2. The van der Waals surface area contributed by atoms with Crippen LogP contribution >= 0.6 is 0 Å². The summed E-state index contributed by atoms with van der Waals surface area (Å²) in [6.07, 6.45) is 2.44. The van der Waals surface area contributed by atoms with Crippen molar-refractivity contribution in [2.75, 3.05) is 32.8 Å². The molecule has 31 heavy (non-hydrogen) atoms. The molecule has 0 unspecified atom stereocenters. The third-order valence-electron chi connectivity index (χ3n) is 6.66. The van der Waals surface area contributed by atoms with Crippen molar-refractivity contribution < 1.29 is 14.5 Å². The molecule has 0 amide bonds. The second kappa shape index (κ2) is 9.68. The molecular formula is C24H32N6O+2. The fourth-order valence-corrected chi connectivity index (χ4v) is 5.02. The Morgan fingerprint density at radius 1 is 0.968 bits per heavy atom. The number of ether oxygens (including phenoxy) is 1. The molecule has 0 spiro atoms. The molecule has 2 aliphatic rings. The number of benzene rings is 2. The highest BCUT2D eigenvalue weighted by atomic mass is 16.5. The minimum Gasteiger partial charge on any atom is -0.376 e. The van der Waals surface area contributed by atoms with Crippen LogP contribution in [0.2, 0.25) is 0 Å². The highest BCUT2D eigenvalue weighted by Crippen LogP contribution is 2.19. The molecule has 3 heterocycles. The van der Waals surface area contributed by atoms with Crippen LogP contribution in [0.5, 0.6) is 0 Å². The zero-order valence-corrected chi connectivity index (χ0v) is 18.0. The average molecular weight is 421 g/mol. The van der Waals surface area contributed by atoms with E-state index in [-0.39, 0.29) is 12.1 Å². The van der Waals surface area contributed by atoms with Gasteiger partial charge in [-0.2, -0.15) is 0 Å². The van der Waals surface area contributed by atoms with E-state index in [9.17, 15) is 0 Å². The van der Waals surface area contributed by atoms with Crippen LogP contribution in [0.1, 0.15) is 35.8 Å². The zero-order valence-electron chi connectivity index (χ0n) is 18.0. The van der Waals surface area contributed by atoms with E-state index in [0.717, 1.165) is 64.5 Å². The topological polar surface area (TPSA) is 61.7 Å². The van der Waals surface area contributed by atoms with E-state index in [1.807, 2.05) is 4.68 Å². The highest BCUT2D eigenvalue weighted by molar-refractivity contribution is 5.22. The summed E-state index contributed by atoms with van der Waals surface area (Å²) >= 11 is 0. The molecule has 2 fully saturated rings. The number of hydrogen-bond acceptors (Lipinski definition) is 4. The van der Waals surface area contributed by atoms with Gasteiger partial charge in [-0.15, -0.1) is 5.10 Å². The predicted octanol–water partition coefficient (Wildman–Crippen LogP) is -0.0749. The van der Waals surface area contributed by atoms with Crippen molar-refractivity contribution in [2.24, 2.45) is 0 Å². The molecule has 3 aromatic rings. The molecule has 2 saturated heterocycles. The number of piperazine rings is 1. The van der Waals surface area contributed by atoms with Gasteiger partial charge in [-0.05, 0) is 23.3 Å². The van der Waals surface area contributed by atoms with Gasteiger partial charge in [-0.3, -0.25) is 0 Å². The smallest absolute Gasteiger partial charge is 0.214 e. The van der Waals surface area contributed by atoms with Crippen LogP contribution in [0.3, 0.4) is 0 Å². The van der Waals surface area contributed by atoms with Gasteiger partial charge >= 0.3 is 0 Å². The van der Waals surface area contributed by atoms with Crippen LogP contribution in [0.4, 0.5) is 0 Å². The van der Waals surface area contributed by atoms with E-state index in [1.54, 1.807) is 9.80 Å². The molecule has 2 atom stereocenters. The number of nitrogens with one attached hydrogen (secondary N) is 2. The van der Waals surface area contributed by atoms with Crippen LogP contribution in [0.25, 0.3) is 0 Å². The van der Waals surface area contributed by atoms with Crippen molar-refractivity contribution in [1.29, 1.82) is 0 Å². The summed E-state index contributed by atoms with van der Waals surface area (Å²) in [6.45, 7) is 7.21. The maximum atomic E-state index is 5.86. The third kappa shape index (κ3) is 4.84. The summed E-state index contributed by atoms with van der Waals surface area (Å²) in [6, 6.07) is 21.7. The maximum Gasteiger partial charge on any atom is 0.214 e. The minimum atomic E-state index is 0.149. The molecular weight excluding hydrogens is 388 g/mol. The molecule has 162 valence electrons. The number of rotatable bonds is 7. The Labute approximate surface area is 183 Å². The van der Waals surface area contributed by atoms with Crippen LogP contribution in [0, 0.1) is 0 Å². The lowest BCUT2D eigenvalue weighted by atomic mass is 10.0. The Balaban J connectivity index is 1.33. The Kier molecular flexibility index (Phi) is 6.34. The van der Waals surface area contributed by atoms with Crippen molar-refractivity contribution in [3.8, 4) is 0 Å². The molecule has 0 aliphatic carbocycles. The van der Waals surface area contributed by atoms with Crippen LogP contribution < -0.4 is 9.80 Å². The monoisotopic (exact) mass is 420 g/mol. The lowest BCUT2D eigenvalue weighted by molar-refractivity contribution is -1.03. The molecule has 5 rings (SSSR count). The van der Waals surface area contributed by atoms with Gasteiger partial charge in [-0.25, -0.2) is 4.68 Å². The molecule has 0 radical (unpaired) electrons. The highest BCUT2D eigenvalue weighted by Gasteiger charge is 2.36. The Morgan fingerprint density at radius 3 is 2.42 bits per heavy atom. The Bertz CT molecular complexity index is 933. The van der Waals surface area contributed by atoms with Crippen molar-refractivity contribution in [1.82, 2.24) is 20.2 Å². The van der Waals surface area contributed by atoms with E-state index in [2.05, 4.69) is 76.2 Å². The van der Waals surface area contributed by atoms with E-state index < -0.39 is 0 Å².